The number of nitrogens with zero attached hydrogens (tertiary/aromatic N) is 2. The van der Waals surface area contributed by atoms with Crippen molar-refractivity contribution in [2.75, 3.05) is 5.32 Å². The van der Waals surface area contributed by atoms with E-state index in [1.807, 2.05) is 56.3 Å². The minimum atomic E-state index is -1.30. The maximum Gasteiger partial charge on any atom is 0.357 e. The normalized spacial score (nSPS) is 23.4. The van der Waals surface area contributed by atoms with Crippen molar-refractivity contribution in [3.05, 3.63) is 82.8 Å². The first kappa shape index (κ1) is 29.5. The summed E-state index contributed by atoms with van der Waals surface area (Å²) in [5.41, 5.74) is 1.81. The Kier molecular flexibility index (Phi) is 6.89. The van der Waals surface area contributed by atoms with E-state index < -0.39 is 47.6 Å². The average Bonchev–Trinajstić information content (AvgIpc) is 3.79. The largest absolute Gasteiger partial charge is 0.476 e. The van der Waals surface area contributed by atoms with E-state index in [-0.39, 0.29) is 41.4 Å². The summed E-state index contributed by atoms with van der Waals surface area (Å²) < 4.78 is 18.9. The van der Waals surface area contributed by atoms with Crippen LogP contribution < -0.4 is 20.7 Å². The number of carboxylic acid groups (broad SMARTS) is 1. The first-order valence-electron chi connectivity index (χ1n) is 15.1. The molecule has 5 heterocycles. The molecule has 2 aromatic carbocycles. The van der Waals surface area contributed by atoms with Crippen LogP contribution >= 0.6 is 0 Å². The van der Waals surface area contributed by atoms with Crippen molar-refractivity contribution < 1.29 is 38.2 Å². The minimum Gasteiger partial charge on any atom is -0.476 e. The smallest absolute Gasteiger partial charge is 0.357 e. The van der Waals surface area contributed by atoms with Gasteiger partial charge in [0, 0.05) is 17.7 Å². The number of para-hydroxylation sites is 1. The molecule has 46 heavy (non-hydrogen) atoms. The van der Waals surface area contributed by atoms with Crippen molar-refractivity contribution in [3.63, 3.8) is 0 Å². The van der Waals surface area contributed by atoms with E-state index in [1.165, 1.54) is 0 Å². The molecule has 2 aromatic heterocycles. The maximum absolute atomic E-state index is 13.9. The fourth-order valence-corrected chi connectivity index (χ4v) is 6.49. The quantitative estimate of drug-likeness (QED) is 0.211. The Bertz CT molecular complexity index is 1880. The number of aliphatic hydroxyl groups is 1. The summed E-state index contributed by atoms with van der Waals surface area (Å²) in [7, 11) is 0. The molecule has 238 valence electrons. The molecule has 0 fully saturated rings. The van der Waals surface area contributed by atoms with Crippen molar-refractivity contribution in [3.8, 4) is 17.3 Å². The van der Waals surface area contributed by atoms with Crippen molar-refractivity contribution in [2.24, 2.45) is 11.8 Å². The van der Waals surface area contributed by atoms with Crippen LogP contribution in [0.25, 0.3) is 11.6 Å². The van der Waals surface area contributed by atoms with Crippen LogP contribution in [0.5, 0.6) is 5.75 Å². The molecular weight excluding hydrogens is 594 g/mol. The molecule has 2 unspecified atom stereocenters. The second-order valence-corrected chi connectivity index (χ2v) is 12.6. The molecule has 0 saturated carbocycles. The number of hydrogen-bond acceptors (Lipinski definition) is 10. The Morgan fingerprint density at radius 1 is 1.07 bits per heavy atom. The van der Waals surface area contributed by atoms with Gasteiger partial charge in [0.05, 0.1) is 0 Å². The first-order valence-corrected chi connectivity index (χ1v) is 15.1. The van der Waals surface area contributed by atoms with Crippen LogP contribution in [0, 0.1) is 11.8 Å². The van der Waals surface area contributed by atoms with Gasteiger partial charge in [0.2, 0.25) is 23.6 Å². The monoisotopic (exact) mass is 627 g/mol. The molecule has 2 amide bonds. The summed E-state index contributed by atoms with van der Waals surface area (Å²) in [6, 6.07) is 11.4. The summed E-state index contributed by atoms with van der Waals surface area (Å²) in [5, 5.41) is 29.3. The highest BCUT2D eigenvalue weighted by molar-refractivity contribution is 5.90. The van der Waals surface area contributed by atoms with Crippen LogP contribution in [0.2, 0.25) is 0 Å². The molecule has 5 atom stereocenters. The van der Waals surface area contributed by atoms with Gasteiger partial charge in [-0.05, 0) is 35.1 Å². The molecular formula is C33H33N5O8. The van der Waals surface area contributed by atoms with Crippen LogP contribution in [0.3, 0.4) is 0 Å². The third-order valence-electron chi connectivity index (χ3n) is 8.88. The van der Waals surface area contributed by atoms with E-state index in [0.29, 0.717) is 11.5 Å². The average molecular weight is 628 g/mol. The first-order chi connectivity index (χ1) is 22.0. The maximum atomic E-state index is 13.9. The van der Waals surface area contributed by atoms with Gasteiger partial charge in [0.1, 0.15) is 35.6 Å². The van der Waals surface area contributed by atoms with Crippen LogP contribution in [-0.4, -0.2) is 56.3 Å². The molecule has 1 spiro atoms. The lowest BCUT2D eigenvalue weighted by molar-refractivity contribution is -0.135. The number of benzene rings is 2. The number of oxazole rings is 2. The Labute approximate surface area is 263 Å². The Morgan fingerprint density at radius 3 is 2.57 bits per heavy atom. The lowest BCUT2D eigenvalue weighted by Crippen LogP contribution is -2.52. The standard InChI is InChI=1S/C33H33N5O8/c1-14(2)23-30-38-24(29-35-21(13-44-29)31(42)43)26(46-30)33-17-7-5-6-8-19(17)36-32(33)45-22-10-9-16(11-18(22)33)12-20(27(40)37-23)34-28(41)25(39)15(3)4/h5-11,13-15,20,23,25,32,36,39H,12H2,1-4H3,(H,34,41)(H,37,40)(H,42,43)/t20-,23-,25-,32?,33?/m0/s1. The lowest BCUT2D eigenvalue weighted by atomic mass is 9.72. The van der Waals surface area contributed by atoms with Gasteiger partial charge in [0.15, 0.2) is 23.4 Å². The molecule has 13 heteroatoms. The van der Waals surface area contributed by atoms with Gasteiger partial charge >= 0.3 is 5.97 Å². The summed E-state index contributed by atoms with van der Waals surface area (Å²) in [4.78, 5) is 47.7. The van der Waals surface area contributed by atoms with Gasteiger partial charge in [-0.25, -0.2) is 14.8 Å². The van der Waals surface area contributed by atoms with Gasteiger partial charge in [-0.1, -0.05) is 58.0 Å². The molecule has 4 bridgehead atoms. The second kappa shape index (κ2) is 10.7. The van der Waals surface area contributed by atoms with E-state index in [1.54, 1.807) is 13.8 Å². The number of nitrogens with one attached hydrogen (secondary N) is 3. The number of ether oxygens (including phenoxy) is 1. The lowest BCUT2D eigenvalue weighted by Gasteiger charge is -2.29. The molecule has 0 aliphatic carbocycles. The molecule has 4 aromatic rings. The number of hydrogen-bond donors (Lipinski definition) is 5. The predicted molar refractivity (Wildman–Crippen MR) is 162 cm³/mol. The van der Waals surface area contributed by atoms with E-state index in [4.69, 9.17) is 18.6 Å². The van der Waals surface area contributed by atoms with Gasteiger partial charge in [-0.2, -0.15) is 0 Å². The highest BCUT2D eigenvalue weighted by atomic mass is 16.5. The highest BCUT2D eigenvalue weighted by Crippen LogP contribution is 2.59. The highest BCUT2D eigenvalue weighted by Gasteiger charge is 2.61. The van der Waals surface area contributed by atoms with Crippen molar-refractivity contribution in [1.82, 2.24) is 20.6 Å². The third kappa shape index (κ3) is 4.44. The topological polar surface area (TPSA) is 189 Å². The summed E-state index contributed by atoms with van der Waals surface area (Å²) in [6.45, 7) is 7.21. The zero-order chi connectivity index (χ0) is 32.5. The second-order valence-electron chi connectivity index (χ2n) is 12.6. The van der Waals surface area contributed by atoms with Crippen molar-refractivity contribution in [2.45, 2.75) is 63.9 Å². The van der Waals surface area contributed by atoms with Crippen LogP contribution in [0.1, 0.15) is 72.6 Å². The number of aromatic nitrogens is 2. The molecule has 13 nitrogen and oxygen atoms in total. The number of aliphatic hydroxyl groups excluding tert-OH is 1. The number of carbonyl (C=O) groups is 3. The van der Waals surface area contributed by atoms with E-state index in [2.05, 4.69) is 20.9 Å². The SMILES string of the molecule is CC(C)[C@H](O)C(=O)N[C@H]1Cc2ccc3c(c2)C2(c4ccccc4NC2O3)c2oc(nc2-c2nc(C(=O)O)co2)[C@H](C(C)C)NC1=O. The number of anilines is 1. The number of aromatic carboxylic acids is 1. The number of rotatable bonds is 6. The number of fused-ring (bicyclic) bond motifs is 4. The van der Waals surface area contributed by atoms with Crippen LogP contribution in [-0.2, 0) is 21.4 Å². The van der Waals surface area contributed by atoms with Gasteiger partial charge < -0.3 is 39.7 Å². The van der Waals surface area contributed by atoms with Crippen LogP contribution in [0.4, 0.5) is 5.69 Å². The van der Waals surface area contributed by atoms with E-state index >= 15 is 0 Å². The van der Waals surface area contributed by atoms with Crippen molar-refractivity contribution in [1.29, 1.82) is 0 Å². The fourth-order valence-electron chi connectivity index (χ4n) is 6.49. The van der Waals surface area contributed by atoms with Gasteiger partial charge in [-0.3, -0.25) is 9.59 Å². The van der Waals surface area contributed by atoms with Gasteiger partial charge in [0.25, 0.3) is 0 Å². The Morgan fingerprint density at radius 2 is 1.85 bits per heavy atom. The number of amides is 2. The summed E-state index contributed by atoms with van der Waals surface area (Å²) >= 11 is 0. The van der Waals surface area contributed by atoms with Crippen molar-refractivity contribution >= 4 is 23.5 Å². The molecule has 3 aliphatic heterocycles. The van der Waals surface area contributed by atoms with E-state index in [9.17, 15) is 24.6 Å². The number of carboxylic acids is 1. The fraction of sp³-hybridized carbons (Fsp3) is 0.364. The Hall–Kier alpha value is -5.17. The zero-order valence-electron chi connectivity index (χ0n) is 25.5. The number of carbonyl (C=O) groups excluding carboxylic acids is 2. The minimum absolute atomic E-state index is 0.0685. The predicted octanol–water partition coefficient (Wildman–Crippen LogP) is 3.38. The molecule has 0 radical (unpaired) electrons. The molecule has 5 N–H and O–H groups in total. The van der Waals surface area contributed by atoms with Crippen LogP contribution in [0.15, 0.2) is 57.6 Å². The molecule has 7 rings (SSSR count). The molecule has 3 aliphatic rings. The molecule has 0 saturated heterocycles. The third-order valence-corrected chi connectivity index (χ3v) is 8.88. The zero-order valence-corrected chi connectivity index (χ0v) is 25.5. The summed E-state index contributed by atoms with van der Waals surface area (Å²) in [6.07, 6.45) is -0.827. The van der Waals surface area contributed by atoms with E-state index in [0.717, 1.165) is 28.6 Å². The Balaban J connectivity index is 1.48. The van der Waals surface area contributed by atoms with Gasteiger partial charge in [-0.15, -0.1) is 0 Å². The summed E-state index contributed by atoms with van der Waals surface area (Å²) in [5.74, 6) is -2.07.